The SMILES string of the molecule is CCOC(=O)c1c(N=Cc2c(O)ccc3cc([N+](=O)[O-])ccc23)sc2c1CCCC2. The van der Waals surface area contributed by atoms with Crippen LogP contribution in [0.25, 0.3) is 10.8 Å². The minimum Gasteiger partial charge on any atom is -0.507 e. The van der Waals surface area contributed by atoms with E-state index in [0.29, 0.717) is 26.9 Å². The highest BCUT2D eigenvalue weighted by atomic mass is 32.1. The molecule has 0 spiro atoms. The maximum atomic E-state index is 12.6. The molecule has 0 atom stereocenters. The van der Waals surface area contributed by atoms with Crippen molar-refractivity contribution in [3.8, 4) is 5.75 Å². The van der Waals surface area contributed by atoms with Crippen LogP contribution in [0.1, 0.15) is 46.1 Å². The first kappa shape index (κ1) is 20.0. The molecule has 0 bridgehead atoms. The van der Waals surface area contributed by atoms with Crippen molar-refractivity contribution in [2.24, 2.45) is 4.99 Å². The maximum absolute atomic E-state index is 12.6. The van der Waals surface area contributed by atoms with Crippen molar-refractivity contribution >= 4 is 45.0 Å². The molecular formula is C22H20N2O5S. The minimum absolute atomic E-state index is 0.0131. The lowest BCUT2D eigenvalue weighted by Gasteiger charge is -2.11. The highest BCUT2D eigenvalue weighted by molar-refractivity contribution is 7.16. The second-order valence-electron chi connectivity index (χ2n) is 7.03. The number of aryl methyl sites for hydroxylation is 1. The van der Waals surface area contributed by atoms with Crippen molar-refractivity contribution in [3.63, 3.8) is 0 Å². The Balaban J connectivity index is 1.80. The Labute approximate surface area is 176 Å². The number of carbonyl (C=O) groups is 1. The van der Waals surface area contributed by atoms with E-state index in [9.17, 15) is 20.0 Å². The zero-order valence-corrected chi connectivity index (χ0v) is 17.2. The summed E-state index contributed by atoms with van der Waals surface area (Å²) in [7, 11) is 0. The number of hydrogen-bond donors (Lipinski definition) is 1. The van der Waals surface area contributed by atoms with E-state index in [1.807, 2.05) is 0 Å². The molecule has 2 aromatic carbocycles. The molecule has 3 aromatic rings. The number of hydrogen-bond acceptors (Lipinski definition) is 7. The number of nitro groups is 1. The second kappa shape index (κ2) is 8.23. The summed E-state index contributed by atoms with van der Waals surface area (Å²) in [5.74, 6) is -0.360. The molecule has 1 aromatic heterocycles. The third kappa shape index (κ3) is 3.66. The highest BCUT2D eigenvalue weighted by Gasteiger charge is 2.26. The summed E-state index contributed by atoms with van der Waals surface area (Å²) in [4.78, 5) is 28.9. The Kier molecular flexibility index (Phi) is 5.50. The van der Waals surface area contributed by atoms with Crippen LogP contribution in [0.15, 0.2) is 35.3 Å². The van der Waals surface area contributed by atoms with Gasteiger partial charge in [-0.05, 0) is 61.1 Å². The van der Waals surface area contributed by atoms with Gasteiger partial charge in [0.15, 0.2) is 0 Å². The number of nitro benzene ring substituents is 1. The molecule has 1 N–H and O–H groups in total. The second-order valence-corrected chi connectivity index (χ2v) is 8.11. The lowest BCUT2D eigenvalue weighted by Crippen LogP contribution is -2.09. The number of rotatable bonds is 5. The summed E-state index contributed by atoms with van der Waals surface area (Å²) < 4.78 is 5.26. The molecule has 1 aliphatic rings. The Morgan fingerprint density at radius 2 is 2.10 bits per heavy atom. The number of ether oxygens (including phenoxy) is 1. The fourth-order valence-electron chi connectivity index (χ4n) is 3.76. The molecule has 7 nitrogen and oxygen atoms in total. The van der Waals surface area contributed by atoms with E-state index in [-0.39, 0.29) is 24.0 Å². The van der Waals surface area contributed by atoms with Gasteiger partial charge in [0.2, 0.25) is 0 Å². The standard InChI is InChI=1S/C22H20N2O5S/c1-2-29-22(26)20-16-5-3-4-6-19(16)30-21(20)23-12-17-15-9-8-14(24(27)28)11-13(15)7-10-18(17)25/h7-12,25H,2-6H2,1H3. The Morgan fingerprint density at radius 3 is 2.87 bits per heavy atom. The Bertz CT molecular complexity index is 1180. The number of phenolic OH excluding ortho intramolecular Hbond substituents is 1. The summed E-state index contributed by atoms with van der Waals surface area (Å²) in [5, 5.41) is 23.3. The van der Waals surface area contributed by atoms with Crippen molar-refractivity contribution in [2.75, 3.05) is 6.61 Å². The predicted octanol–water partition coefficient (Wildman–Crippen LogP) is 5.32. The monoisotopic (exact) mass is 424 g/mol. The summed E-state index contributed by atoms with van der Waals surface area (Å²) >= 11 is 1.48. The van der Waals surface area contributed by atoms with E-state index in [0.717, 1.165) is 36.1 Å². The van der Waals surface area contributed by atoms with Crippen molar-refractivity contribution < 1.29 is 19.6 Å². The third-order valence-electron chi connectivity index (χ3n) is 5.18. The van der Waals surface area contributed by atoms with E-state index in [2.05, 4.69) is 4.99 Å². The molecule has 1 heterocycles. The third-order valence-corrected chi connectivity index (χ3v) is 6.38. The summed E-state index contributed by atoms with van der Waals surface area (Å²) in [5.41, 5.74) is 1.97. The van der Waals surface area contributed by atoms with Gasteiger partial charge in [-0.25, -0.2) is 9.79 Å². The number of esters is 1. The molecule has 0 unspecified atom stereocenters. The van der Waals surface area contributed by atoms with Gasteiger partial charge in [0.25, 0.3) is 5.69 Å². The molecular weight excluding hydrogens is 404 g/mol. The number of benzene rings is 2. The van der Waals surface area contributed by atoms with Gasteiger partial charge < -0.3 is 9.84 Å². The fourth-order valence-corrected chi connectivity index (χ4v) is 4.98. The average molecular weight is 424 g/mol. The molecule has 8 heteroatoms. The first-order valence-electron chi connectivity index (χ1n) is 9.75. The smallest absolute Gasteiger partial charge is 0.341 e. The van der Waals surface area contributed by atoms with Crippen LogP contribution in [0.4, 0.5) is 10.7 Å². The van der Waals surface area contributed by atoms with Gasteiger partial charge in [0.1, 0.15) is 10.8 Å². The molecule has 0 saturated carbocycles. The van der Waals surface area contributed by atoms with Crippen LogP contribution in [0.3, 0.4) is 0 Å². The molecule has 30 heavy (non-hydrogen) atoms. The van der Waals surface area contributed by atoms with E-state index < -0.39 is 4.92 Å². The Hall–Kier alpha value is -3.26. The van der Waals surface area contributed by atoms with Crippen LogP contribution in [-0.2, 0) is 17.6 Å². The van der Waals surface area contributed by atoms with Crippen molar-refractivity contribution in [3.05, 3.63) is 62.0 Å². The van der Waals surface area contributed by atoms with Gasteiger partial charge in [-0.2, -0.15) is 0 Å². The lowest BCUT2D eigenvalue weighted by atomic mass is 9.95. The van der Waals surface area contributed by atoms with E-state index in [1.165, 1.54) is 35.8 Å². The number of fused-ring (bicyclic) bond motifs is 2. The molecule has 0 aliphatic heterocycles. The molecule has 0 fully saturated rings. The molecule has 154 valence electrons. The number of carbonyl (C=O) groups excluding carboxylic acids is 1. The summed E-state index contributed by atoms with van der Waals surface area (Å²) in [6, 6.07) is 7.56. The first-order valence-corrected chi connectivity index (χ1v) is 10.6. The number of phenols is 1. The molecule has 4 rings (SSSR count). The van der Waals surface area contributed by atoms with Crippen LogP contribution in [-0.4, -0.2) is 28.8 Å². The molecule has 1 aliphatic carbocycles. The number of aliphatic imine (C=N–C) groups is 1. The van der Waals surface area contributed by atoms with Gasteiger partial charge in [0, 0.05) is 28.8 Å². The fraction of sp³-hybridized carbons (Fsp3) is 0.273. The molecule has 0 saturated heterocycles. The van der Waals surface area contributed by atoms with Gasteiger partial charge in [-0.1, -0.05) is 6.07 Å². The van der Waals surface area contributed by atoms with Crippen molar-refractivity contribution in [1.82, 2.24) is 0 Å². The van der Waals surface area contributed by atoms with Crippen molar-refractivity contribution in [2.45, 2.75) is 32.6 Å². The lowest BCUT2D eigenvalue weighted by molar-refractivity contribution is -0.384. The van der Waals surface area contributed by atoms with Crippen LogP contribution >= 0.6 is 11.3 Å². The largest absolute Gasteiger partial charge is 0.507 e. The number of aromatic hydroxyl groups is 1. The zero-order valence-electron chi connectivity index (χ0n) is 16.4. The maximum Gasteiger partial charge on any atom is 0.341 e. The number of non-ortho nitro benzene ring substituents is 1. The van der Waals surface area contributed by atoms with Gasteiger partial charge in [0.05, 0.1) is 17.1 Å². The summed E-state index contributed by atoms with van der Waals surface area (Å²) in [6.45, 7) is 2.06. The normalized spacial score (nSPS) is 13.5. The van der Waals surface area contributed by atoms with E-state index in [4.69, 9.17) is 4.74 Å². The topological polar surface area (TPSA) is 102 Å². The highest BCUT2D eigenvalue weighted by Crippen LogP contribution is 2.40. The van der Waals surface area contributed by atoms with Crippen LogP contribution in [0.5, 0.6) is 5.75 Å². The zero-order chi connectivity index (χ0) is 21.3. The van der Waals surface area contributed by atoms with Crippen LogP contribution < -0.4 is 0 Å². The number of thiophene rings is 1. The predicted molar refractivity (Wildman–Crippen MR) is 116 cm³/mol. The Morgan fingerprint density at radius 1 is 1.30 bits per heavy atom. The number of nitrogens with zero attached hydrogens (tertiary/aromatic N) is 2. The average Bonchev–Trinajstić information content (AvgIpc) is 3.11. The van der Waals surface area contributed by atoms with Crippen LogP contribution in [0, 0.1) is 10.1 Å². The summed E-state index contributed by atoms with van der Waals surface area (Å²) in [6.07, 6.45) is 5.39. The van der Waals surface area contributed by atoms with E-state index in [1.54, 1.807) is 19.1 Å². The molecule has 0 radical (unpaired) electrons. The quantitative estimate of drug-likeness (QED) is 0.258. The van der Waals surface area contributed by atoms with Crippen LogP contribution in [0.2, 0.25) is 0 Å². The van der Waals surface area contributed by atoms with Gasteiger partial charge in [-0.15, -0.1) is 11.3 Å². The van der Waals surface area contributed by atoms with Gasteiger partial charge in [-0.3, -0.25) is 10.1 Å². The van der Waals surface area contributed by atoms with E-state index >= 15 is 0 Å². The van der Waals surface area contributed by atoms with Gasteiger partial charge >= 0.3 is 5.97 Å². The minimum atomic E-state index is -0.457. The first-order chi connectivity index (χ1) is 14.5. The van der Waals surface area contributed by atoms with Crippen molar-refractivity contribution in [1.29, 1.82) is 0 Å². The molecule has 0 amide bonds.